The van der Waals surface area contributed by atoms with Crippen molar-refractivity contribution in [2.75, 3.05) is 19.0 Å². The zero-order valence-corrected chi connectivity index (χ0v) is 12.5. The molecule has 0 saturated heterocycles. The minimum Gasteiger partial charge on any atom is -0.481 e. The first-order valence-electron chi connectivity index (χ1n) is 5.77. The maximum absolute atomic E-state index is 13.5. The number of carbonyl (C=O) groups is 2. The van der Waals surface area contributed by atoms with E-state index in [4.69, 9.17) is 9.84 Å². The van der Waals surface area contributed by atoms with E-state index in [1.807, 2.05) is 5.32 Å². The molecule has 0 radical (unpaired) electrons. The molecule has 21 heavy (non-hydrogen) atoms. The van der Waals surface area contributed by atoms with Crippen LogP contribution in [0.2, 0.25) is 0 Å². The minimum absolute atomic E-state index is 0.117. The van der Waals surface area contributed by atoms with Crippen LogP contribution in [0.1, 0.15) is 6.42 Å². The molecule has 0 spiro atoms. The molecule has 0 aromatic heterocycles. The van der Waals surface area contributed by atoms with E-state index in [2.05, 4.69) is 21.2 Å². The van der Waals surface area contributed by atoms with Crippen LogP contribution in [0.3, 0.4) is 0 Å². The summed E-state index contributed by atoms with van der Waals surface area (Å²) in [6.45, 7) is -0.117. The first kappa shape index (κ1) is 17.3. The van der Waals surface area contributed by atoms with Crippen molar-refractivity contribution in [3.8, 4) is 0 Å². The van der Waals surface area contributed by atoms with Crippen molar-refractivity contribution in [2.24, 2.45) is 0 Å². The van der Waals surface area contributed by atoms with Crippen LogP contribution >= 0.6 is 15.9 Å². The molecular weight excluding hydrogens is 354 g/mol. The Kier molecular flexibility index (Phi) is 6.50. The van der Waals surface area contributed by atoms with Gasteiger partial charge < -0.3 is 20.5 Å². The largest absolute Gasteiger partial charge is 0.481 e. The Hall–Kier alpha value is -1.74. The second-order valence-corrected chi connectivity index (χ2v) is 4.95. The number of hydrogen-bond donors (Lipinski definition) is 3. The van der Waals surface area contributed by atoms with Gasteiger partial charge in [-0.3, -0.25) is 4.79 Å². The number of hydrogen-bond acceptors (Lipinski definition) is 3. The molecular formula is C12H13BrF2N2O4. The number of carboxylic acid groups (broad SMARTS) is 1. The second-order valence-electron chi connectivity index (χ2n) is 4.04. The van der Waals surface area contributed by atoms with Gasteiger partial charge >= 0.3 is 12.0 Å². The van der Waals surface area contributed by atoms with Gasteiger partial charge in [-0.1, -0.05) is 15.9 Å². The van der Waals surface area contributed by atoms with Crippen LogP contribution in [0.5, 0.6) is 0 Å². The van der Waals surface area contributed by atoms with E-state index < -0.39 is 35.4 Å². The van der Waals surface area contributed by atoms with Crippen LogP contribution in [0, 0.1) is 11.6 Å². The first-order valence-corrected chi connectivity index (χ1v) is 6.56. The summed E-state index contributed by atoms with van der Waals surface area (Å²) in [7, 11) is 1.29. The van der Waals surface area contributed by atoms with Gasteiger partial charge in [-0.15, -0.1) is 0 Å². The molecule has 0 aliphatic carbocycles. The van der Waals surface area contributed by atoms with E-state index in [1.165, 1.54) is 7.11 Å². The van der Waals surface area contributed by atoms with E-state index in [1.54, 1.807) is 0 Å². The monoisotopic (exact) mass is 366 g/mol. The van der Waals surface area contributed by atoms with Gasteiger partial charge in [0.25, 0.3) is 0 Å². The summed E-state index contributed by atoms with van der Waals surface area (Å²) in [5, 5.41) is 12.9. The Balaban J connectivity index is 2.60. The second kappa shape index (κ2) is 7.89. The SMILES string of the molecule is COC(CNC(=O)Nc1c(F)cc(Br)cc1F)CC(=O)O. The fourth-order valence-electron chi connectivity index (χ4n) is 1.46. The topological polar surface area (TPSA) is 87.7 Å². The lowest BCUT2D eigenvalue weighted by Crippen LogP contribution is -2.37. The highest BCUT2D eigenvalue weighted by atomic mass is 79.9. The number of amides is 2. The third-order valence-electron chi connectivity index (χ3n) is 2.47. The Morgan fingerprint density at radius 3 is 2.43 bits per heavy atom. The van der Waals surface area contributed by atoms with Gasteiger partial charge in [0.1, 0.15) is 5.69 Å². The quantitative estimate of drug-likeness (QED) is 0.720. The number of urea groups is 1. The fourth-order valence-corrected chi connectivity index (χ4v) is 1.86. The van der Waals surface area contributed by atoms with Crippen LogP contribution < -0.4 is 10.6 Å². The van der Waals surface area contributed by atoms with Gasteiger partial charge in [0.05, 0.1) is 12.5 Å². The van der Waals surface area contributed by atoms with Crippen LogP contribution in [0.15, 0.2) is 16.6 Å². The molecule has 0 fully saturated rings. The molecule has 1 unspecified atom stereocenters. The lowest BCUT2D eigenvalue weighted by atomic mass is 10.2. The number of aliphatic carboxylic acids is 1. The van der Waals surface area contributed by atoms with E-state index in [-0.39, 0.29) is 17.4 Å². The third kappa shape index (κ3) is 5.64. The molecule has 9 heteroatoms. The number of carboxylic acids is 1. The summed E-state index contributed by atoms with van der Waals surface area (Å²) in [5.41, 5.74) is -0.595. The number of carbonyl (C=O) groups excluding carboxylic acids is 1. The minimum atomic E-state index is -1.09. The molecule has 0 saturated carbocycles. The van der Waals surface area contributed by atoms with Crippen molar-refractivity contribution < 1.29 is 28.2 Å². The van der Waals surface area contributed by atoms with Crippen LogP contribution in [-0.4, -0.2) is 36.9 Å². The number of halogens is 3. The standard InChI is InChI=1S/C12H13BrF2N2O4/c1-21-7(4-10(18)19)5-16-12(20)17-11-8(14)2-6(13)3-9(11)15/h2-3,7H,4-5H2,1H3,(H,18,19)(H2,16,17,20). The third-order valence-corrected chi connectivity index (χ3v) is 2.93. The highest BCUT2D eigenvalue weighted by molar-refractivity contribution is 9.10. The van der Waals surface area contributed by atoms with E-state index in [9.17, 15) is 18.4 Å². The molecule has 0 bridgehead atoms. The van der Waals surface area contributed by atoms with Gasteiger partial charge in [-0.25, -0.2) is 13.6 Å². The maximum atomic E-state index is 13.5. The number of ether oxygens (including phenoxy) is 1. The number of rotatable bonds is 6. The predicted octanol–water partition coefficient (Wildman–Crippen LogP) is 2.34. The molecule has 2 amide bonds. The predicted molar refractivity (Wildman–Crippen MR) is 74.1 cm³/mol. The Morgan fingerprint density at radius 1 is 1.38 bits per heavy atom. The summed E-state index contributed by atoms with van der Waals surface area (Å²) in [6.07, 6.45) is -1.05. The highest BCUT2D eigenvalue weighted by Gasteiger charge is 2.16. The zero-order valence-electron chi connectivity index (χ0n) is 11.0. The molecule has 1 aromatic rings. The van der Waals surface area contributed by atoms with Crippen molar-refractivity contribution in [2.45, 2.75) is 12.5 Å². The van der Waals surface area contributed by atoms with Gasteiger partial charge in [-0.05, 0) is 12.1 Å². The smallest absolute Gasteiger partial charge is 0.319 e. The molecule has 0 aliphatic heterocycles. The zero-order chi connectivity index (χ0) is 16.0. The maximum Gasteiger partial charge on any atom is 0.319 e. The lowest BCUT2D eigenvalue weighted by molar-refractivity contribution is -0.139. The molecule has 1 atom stereocenters. The Bertz CT molecular complexity index is 519. The van der Waals surface area contributed by atoms with Gasteiger partial charge in [0, 0.05) is 18.1 Å². The lowest BCUT2D eigenvalue weighted by Gasteiger charge is -2.15. The van der Waals surface area contributed by atoms with E-state index in [0.29, 0.717) is 0 Å². The molecule has 1 aromatic carbocycles. The van der Waals surface area contributed by atoms with Crippen LogP contribution in [-0.2, 0) is 9.53 Å². The fraction of sp³-hybridized carbons (Fsp3) is 0.333. The highest BCUT2D eigenvalue weighted by Crippen LogP contribution is 2.23. The molecule has 1 rings (SSSR count). The number of methoxy groups -OCH3 is 1. The van der Waals surface area contributed by atoms with Crippen molar-refractivity contribution in [3.63, 3.8) is 0 Å². The molecule has 6 nitrogen and oxygen atoms in total. The van der Waals surface area contributed by atoms with Crippen LogP contribution in [0.4, 0.5) is 19.3 Å². The summed E-state index contributed by atoms with van der Waals surface area (Å²) in [4.78, 5) is 22.1. The molecule has 116 valence electrons. The number of anilines is 1. The van der Waals surface area contributed by atoms with Gasteiger partial charge in [0.2, 0.25) is 0 Å². The van der Waals surface area contributed by atoms with E-state index >= 15 is 0 Å². The normalized spacial score (nSPS) is 11.8. The average molecular weight is 367 g/mol. The molecule has 3 N–H and O–H groups in total. The van der Waals surface area contributed by atoms with E-state index in [0.717, 1.165) is 12.1 Å². The number of benzene rings is 1. The van der Waals surface area contributed by atoms with Crippen molar-refractivity contribution in [1.82, 2.24) is 5.32 Å². The molecule has 0 heterocycles. The average Bonchev–Trinajstić information content (AvgIpc) is 2.38. The van der Waals surface area contributed by atoms with Gasteiger partial charge in [0.15, 0.2) is 11.6 Å². The van der Waals surface area contributed by atoms with Gasteiger partial charge in [-0.2, -0.15) is 0 Å². The summed E-state index contributed by atoms with van der Waals surface area (Å²) in [6, 6.07) is 1.13. The van der Waals surface area contributed by atoms with Crippen molar-refractivity contribution >= 4 is 33.6 Å². The Morgan fingerprint density at radius 2 is 1.95 bits per heavy atom. The van der Waals surface area contributed by atoms with Crippen molar-refractivity contribution in [3.05, 3.63) is 28.2 Å². The Labute approximate surface area is 127 Å². The van der Waals surface area contributed by atoms with Crippen LogP contribution in [0.25, 0.3) is 0 Å². The number of nitrogens with one attached hydrogen (secondary N) is 2. The first-order chi connectivity index (χ1) is 9.83. The molecule has 0 aliphatic rings. The summed E-state index contributed by atoms with van der Waals surface area (Å²) < 4.78 is 32.0. The summed E-state index contributed by atoms with van der Waals surface area (Å²) >= 11 is 2.91. The summed E-state index contributed by atoms with van der Waals surface area (Å²) in [5.74, 6) is -2.97. The van der Waals surface area contributed by atoms with Crippen molar-refractivity contribution in [1.29, 1.82) is 0 Å².